The van der Waals surface area contributed by atoms with E-state index < -0.39 is 0 Å². The number of nitrogens with one attached hydrogen (secondary N) is 1. The van der Waals surface area contributed by atoms with Crippen molar-refractivity contribution in [3.05, 3.63) is 112 Å². The minimum Gasteiger partial charge on any atom is -0.488 e. The van der Waals surface area contributed by atoms with Crippen LogP contribution in [0.2, 0.25) is 0 Å². The van der Waals surface area contributed by atoms with E-state index >= 15 is 0 Å². The fraction of sp³-hybridized carbons (Fsp3) is 0.0769. The Morgan fingerprint density at radius 2 is 1.61 bits per heavy atom. The number of halogens is 1. The molecule has 0 fully saturated rings. The number of benzene rings is 4. The molecule has 0 radical (unpaired) electrons. The monoisotopic (exact) mass is 472 g/mol. The molecule has 0 aromatic heterocycles. The predicted molar refractivity (Wildman–Crippen MR) is 128 cm³/mol. The number of amides is 1. The molecule has 4 rings (SSSR count). The van der Waals surface area contributed by atoms with E-state index in [4.69, 9.17) is 4.74 Å². The van der Waals surface area contributed by atoms with Crippen LogP contribution in [-0.4, -0.2) is 12.1 Å². The van der Waals surface area contributed by atoms with Gasteiger partial charge >= 0.3 is 0 Å². The summed E-state index contributed by atoms with van der Waals surface area (Å²) in [5.74, 6) is 0.541. The van der Waals surface area contributed by atoms with Gasteiger partial charge in [-0.25, -0.2) is 5.43 Å². The van der Waals surface area contributed by atoms with Crippen LogP contribution in [0.15, 0.2) is 101 Å². The van der Waals surface area contributed by atoms with Gasteiger partial charge in [-0.3, -0.25) is 4.79 Å². The molecule has 0 heterocycles. The van der Waals surface area contributed by atoms with E-state index in [0.29, 0.717) is 12.4 Å². The van der Waals surface area contributed by atoms with Gasteiger partial charge in [-0.2, -0.15) is 5.10 Å². The molecule has 31 heavy (non-hydrogen) atoms. The van der Waals surface area contributed by atoms with Crippen LogP contribution >= 0.6 is 15.9 Å². The summed E-state index contributed by atoms with van der Waals surface area (Å²) in [6.45, 7) is 0.454. The average molecular weight is 473 g/mol. The SMILES string of the molecule is O=C(Cc1ccc(Br)cc1)N/N=C/c1c(OCc2ccccc2)ccc2ccccc12. The van der Waals surface area contributed by atoms with Crippen molar-refractivity contribution < 1.29 is 9.53 Å². The Morgan fingerprint density at radius 3 is 2.42 bits per heavy atom. The summed E-state index contributed by atoms with van der Waals surface area (Å²) in [6, 6.07) is 29.7. The summed E-state index contributed by atoms with van der Waals surface area (Å²) in [4.78, 5) is 12.3. The minimum atomic E-state index is -0.175. The predicted octanol–water partition coefficient (Wildman–Crippen LogP) is 5.87. The van der Waals surface area contributed by atoms with E-state index in [9.17, 15) is 4.79 Å². The van der Waals surface area contributed by atoms with Crippen molar-refractivity contribution >= 4 is 38.8 Å². The number of hydrogen-bond acceptors (Lipinski definition) is 3. The molecule has 0 unspecified atom stereocenters. The van der Waals surface area contributed by atoms with E-state index in [1.165, 1.54) is 0 Å². The molecular weight excluding hydrogens is 452 g/mol. The average Bonchev–Trinajstić information content (AvgIpc) is 2.80. The first kappa shape index (κ1) is 20.8. The smallest absolute Gasteiger partial charge is 0.244 e. The molecule has 1 N–H and O–H groups in total. The Balaban J connectivity index is 1.51. The van der Waals surface area contributed by atoms with E-state index in [2.05, 4.69) is 26.5 Å². The molecule has 0 atom stereocenters. The quantitative estimate of drug-likeness (QED) is 0.270. The molecule has 5 heteroatoms. The number of hydrogen-bond donors (Lipinski definition) is 1. The fourth-order valence-corrected chi connectivity index (χ4v) is 3.53. The molecule has 0 aliphatic heterocycles. The summed E-state index contributed by atoms with van der Waals surface area (Å²) in [6.07, 6.45) is 1.92. The van der Waals surface area contributed by atoms with Gasteiger partial charge in [0, 0.05) is 10.0 Å². The van der Waals surface area contributed by atoms with Crippen LogP contribution < -0.4 is 10.2 Å². The normalized spacial score (nSPS) is 11.0. The van der Waals surface area contributed by atoms with Gasteiger partial charge in [0.05, 0.1) is 12.6 Å². The van der Waals surface area contributed by atoms with Crippen LogP contribution in [0.4, 0.5) is 0 Å². The van der Waals surface area contributed by atoms with Gasteiger partial charge < -0.3 is 4.74 Å². The van der Waals surface area contributed by atoms with Crippen molar-refractivity contribution in [2.24, 2.45) is 5.10 Å². The van der Waals surface area contributed by atoms with Gasteiger partial charge in [0.2, 0.25) is 5.91 Å². The Hall–Kier alpha value is -3.44. The number of carbonyl (C=O) groups is 1. The van der Waals surface area contributed by atoms with E-state index in [0.717, 1.165) is 31.9 Å². The molecule has 0 aliphatic rings. The van der Waals surface area contributed by atoms with Crippen molar-refractivity contribution in [3.8, 4) is 5.75 Å². The fourth-order valence-electron chi connectivity index (χ4n) is 3.27. The first-order valence-corrected chi connectivity index (χ1v) is 10.7. The number of rotatable bonds is 7. The van der Waals surface area contributed by atoms with Crippen LogP contribution in [0.5, 0.6) is 5.75 Å². The first-order valence-electron chi connectivity index (χ1n) is 9.94. The van der Waals surface area contributed by atoms with E-state index in [1.54, 1.807) is 6.21 Å². The zero-order valence-corrected chi connectivity index (χ0v) is 18.4. The highest BCUT2D eigenvalue weighted by molar-refractivity contribution is 9.10. The van der Waals surface area contributed by atoms with Gasteiger partial charge in [-0.1, -0.05) is 88.7 Å². The van der Waals surface area contributed by atoms with Crippen LogP contribution in [0.3, 0.4) is 0 Å². The van der Waals surface area contributed by atoms with Crippen molar-refractivity contribution in [2.45, 2.75) is 13.0 Å². The van der Waals surface area contributed by atoms with Crippen LogP contribution in [0.1, 0.15) is 16.7 Å². The van der Waals surface area contributed by atoms with Crippen LogP contribution in [0.25, 0.3) is 10.8 Å². The van der Waals surface area contributed by atoms with Crippen LogP contribution in [0, 0.1) is 0 Å². The maximum atomic E-state index is 12.3. The summed E-state index contributed by atoms with van der Waals surface area (Å²) >= 11 is 3.40. The lowest BCUT2D eigenvalue weighted by molar-refractivity contribution is -0.120. The third-order valence-corrected chi connectivity index (χ3v) is 5.36. The lowest BCUT2D eigenvalue weighted by Crippen LogP contribution is -2.19. The molecule has 0 aliphatic carbocycles. The molecule has 1 amide bonds. The molecular formula is C26H21BrN2O2. The van der Waals surface area contributed by atoms with Gasteiger partial charge in [-0.05, 0) is 40.1 Å². The van der Waals surface area contributed by atoms with Crippen LogP contribution in [-0.2, 0) is 17.8 Å². The second-order valence-electron chi connectivity index (χ2n) is 7.07. The third-order valence-electron chi connectivity index (χ3n) is 4.83. The highest BCUT2D eigenvalue weighted by Gasteiger charge is 2.08. The van der Waals surface area contributed by atoms with E-state index in [-0.39, 0.29) is 12.3 Å². The van der Waals surface area contributed by atoms with E-state index in [1.807, 2.05) is 91.0 Å². The molecule has 0 saturated carbocycles. The molecule has 4 aromatic carbocycles. The topological polar surface area (TPSA) is 50.7 Å². The van der Waals surface area contributed by atoms with Crippen molar-refractivity contribution in [1.82, 2.24) is 5.43 Å². The molecule has 0 spiro atoms. The zero-order chi connectivity index (χ0) is 21.5. The number of ether oxygens (including phenoxy) is 1. The molecule has 0 saturated heterocycles. The lowest BCUT2D eigenvalue weighted by atomic mass is 10.0. The largest absolute Gasteiger partial charge is 0.488 e. The number of hydrazone groups is 1. The Labute approximate surface area is 189 Å². The molecule has 154 valence electrons. The summed E-state index contributed by atoms with van der Waals surface area (Å²) in [7, 11) is 0. The highest BCUT2D eigenvalue weighted by Crippen LogP contribution is 2.27. The number of nitrogens with zero attached hydrogens (tertiary/aromatic N) is 1. The number of carbonyl (C=O) groups excluding carboxylic acids is 1. The zero-order valence-electron chi connectivity index (χ0n) is 16.8. The second kappa shape index (κ2) is 10.0. The summed E-state index contributed by atoms with van der Waals surface area (Å²) in [5.41, 5.74) is 5.46. The van der Waals surface area contributed by atoms with Gasteiger partial charge in [0.15, 0.2) is 0 Å². The maximum absolute atomic E-state index is 12.3. The van der Waals surface area contributed by atoms with Gasteiger partial charge in [-0.15, -0.1) is 0 Å². The molecule has 4 nitrogen and oxygen atoms in total. The third kappa shape index (κ3) is 5.58. The Kier molecular flexibility index (Phi) is 6.75. The molecule has 4 aromatic rings. The van der Waals surface area contributed by atoms with Gasteiger partial charge in [0.1, 0.15) is 12.4 Å². The molecule has 0 bridgehead atoms. The minimum absolute atomic E-state index is 0.175. The first-order chi connectivity index (χ1) is 15.2. The second-order valence-corrected chi connectivity index (χ2v) is 7.98. The Bertz CT molecular complexity index is 1210. The van der Waals surface area contributed by atoms with Crippen molar-refractivity contribution in [1.29, 1.82) is 0 Å². The summed E-state index contributed by atoms with van der Waals surface area (Å²) in [5, 5.41) is 6.30. The number of fused-ring (bicyclic) bond motifs is 1. The Morgan fingerprint density at radius 1 is 0.871 bits per heavy atom. The maximum Gasteiger partial charge on any atom is 0.244 e. The highest BCUT2D eigenvalue weighted by atomic mass is 79.9. The standard InChI is InChI=1S/C26H21BrN2O2/c27-22-13-10-19(11-14-22)16-26(30)29-28-17-24-23-9-5-4-8-21(23)12-15-25(24)31-18-20-6-2-1-3-7-20/h1-15,17H,16,18H2,(H,29,30)/b28-17+. The lowest BCUT2D eigenvalue weighted by Gasteiger charge is -2.12. The van der Waals surface area contributed by atoms with Crippen molar-refractivity contribution in [2.75, 3.05) is 0 Å². The van der Waals surface area contributed by atoms with Crippen molar-refractivity contribution in [3.63, 3.8) is 0 Å². The van der Waals surface area contributed by atoms with Gasteiger partial charge in [0.25, 0.3) is 0 Å². The summed E-state index contributed by atoms with van der Waals surface area (Å²) < 4.78 is 7.07.